The molecule has 166 valence electrons. The highest BCUT2D eigenvalue weighted by atomic mass is 32.1. The Bertz CT molecular complexity index is 1120. The van der Waals surface area contributed by atoms with Gasteiger partial charge >= 0.3 is 5.97 Å². The maximum absolute atomic E-state index is 13.3. The van der Waals surface area contributed by atoms with Crippen molar-refractivity contribution in [2.75, 3.05) is 6.61 Å². The van der Waals surface area contributed by atoms with E-state index in [9.17, 15) is 14.0 Å². The summed E-state index contributed by atoms with van der Waals surface area (Å²) in [5, 5.41) is 12.1. The second-order valence-corrected chi connectivity index (χ2v) is 9.04. The van der Waals surface area contributed by atoms with Crippen LogP contribution in [0.5, 0.6) is 0 Å². The molecule has 3 aromatic rings. The van der Waals surface area contributed by atoms with E-state index < -0.39 is 5.97 Å². The van der Waals surface area contributed by atoms with Crippen LogP contribution in [0.15, 0.2) is 48.5 Å². The number of hydrogen-bond acceptors (Lipinski definition) is 4. The molecule has 1 amide bonds. The highest BCUT2D eigenvalue weighted by molar-refractivity contribution is 7.12. The fourth-order valence-corrected chi connectivity index (χ4v) is 5.17. The number of carbonyl (C=O) groups is 2. The summed E-state index contributed by atoms with van der Waals surface area (Å²) in [6.45, 7) is 2.95. The van der Waals surface area contributed by atoms with Gasteiger partial charge < -0.3 is 15.2 Å². The minimum Gasteiger partial charge on any atom is -0.478 e. The first-order valence-corrected chi connectivity index (χ1v) is 11.3. The number of nitrogens with one attached hydrogen (secondary N) is 1. The molecule has 0 radical (unpaired) electrons. The van der Waals surface area contributed by atoms with Gasteiger partial charge in [0.25, 0.3) is 5.91 Å². The SMILES string of the molecule is CC(NC(=O)c1c(CCc2ccc(F)cc2)sc2c1COCC2)c1ccc(C(=O)O)cc1. The van der Waals surface area contributed by atoms with Crippen LogP contribution in [0.25, 0.3) is 0 Å². The van der Waals surface area contributed by atoms with Gasteiger partial charge in [0, 0.05) is 21.7 Å². The molecule has 4 rings (SSSR count). The minimum absolute atomic E-state index is 0.156. The molecule has 1 aromatic heterocycles. The number of carboxylic acid groups (broad SMARTS) is 1. The Balaban J connectivity index is 1.54. The van der Waals surface area contributed by atoms with Gasteiger partial charge in [-0.1, -0.05) is 24.3 Å². The average Bonchev–Trinajstić information content (AvgIpc) is 3.17. The third-order valence-corrected chi connectivity index (χ3v) is 7.02. The van der Waals surface area contributed by atoms with Crippen molar-refractivity contribution >= 4 is 23.2 Å². The summed E-state index contributed by atoms with van der Waals surface area (Å²) in [6.07, 6.45) is 2.20. The lowest BCUT2D eigenvalue weighted by Crippen LogP contribution is -2.28. The van der Waals surface area contributed by atoms with Crippen LogP contribution >= 0.6 is 11.3 Å². The van der Waals surface area contributed by atoms with Crippen molar-refractivity contribution in [3.8, 4) is 0 Å². The summed E-state index contributed by atoms with van der Waals surface area (Å²) >= 11 is 1.66. The number of rotatable bonds is 7. The van der Waals surface area contributed by atoms with Gasteiger partial charge in [-0.05, 0) is 55.2 Å². The van der Waals surface area contributed by atoms with E-state index in [-0.39, 0.29) is 23.3 Å². The van der Waals surface area contributed by atoms with Crippen molar-refractivity contribution in [3.05, 3.63) is 91.9 Å². The summed E-state index contributed by atoms with van der Waals surface area (Å²) in [6, 6.07) is 12.7. The quantitative estimate of drug-likeness (QED) is 0.532. The molecule has 32 heavy (non-hydrogen) atoms. The maximum Gasteiger partial charge on any atom is 0.335 e. The molecule has 2 N–H and O–H groups in total. The van der Waals surface area contributed by atoms with Crippen molar-refractivity contribution in [1.82, 2.24) is 5.32 Å². The van der Waals surface area contributed by atoms with Crippen LogP contribution in [0.4, 0.5) is 4.39 Å². The molecule has 0 bridgehead atoms. The first-order valence-electron chi connectivity index (χ1n) is 10.5. The number of thiophene rings is 1. The predicted octanol–water partition coefficient (Wildman–Crippen LogP) is 4.93. The summed E-state index contributed by atoms with van der Waals surface area (Å²) in [5.74, 6) is -1.40. The zero-order chi connectivity index (χ0) is 22.7. The van der Waals surface area contributed by atoms with Crippen LogP contribution < -0.4 is 5.32 Å². The molecule has 5 nitrogen and oxygen atoms in total. The largest absolute Gasteiger partial charge is 0.478 e. The zero-order valence-corrected chi connectivity index (χ0v) is 18.5. The van der Waals surface area contributed by atoms with Gasteiger partial charge in [0.05, 0.1) is 30.4 Å². The number of aryl methyl sites for hydroxylation is 2. The number of ether oxygens (including phenoxy) is 1. The van der Waals surface area contributed by atoms with Crippen LogP contribution in [0, 0.1) is 5.82 Å². The predicted molar refractivity (Wildman–Crippen MR) is 121 cm³/mol. The van der Waals surface area contributed by atoms with Gasteiger partial charge in [-0.2, -0.15) is 0 Å². The second-order valence-electron chi connectivity index (χ2n) is 7.85. The molecule has 7 heteroatoms. The number of amides is 1. The van der Waals surface area contributed by atoms with Crippen molar-refractivity contribution in [2.24, 2.45) is 0 Å². The lowest BCUT2D eigenvalue weighted by atomic mass is 10.0. The molecule has 1 atom stereocenters. The van der Waals surface area contributed by atoms with Crippen molar-refractivity contribution in [3.63, 3.8) is 0 Å². The van der Waals surface area contributed by atoms with E-state index in [0.717, 1.165) is 28.0 Å². The van der Waals surface area contributed by atoms with Gasteiger partial charge in [-0.25, -0.2) is 9.18 Å². The Hall–Kier alpha value is -3.03. The highest BCUT2D eigenvalue weighted by Gasteiger charge is 2.26. The molecule has 1 aliphatic heterocycles. The first kappa shape index (κ1) is 22.2. The number of fused-ring (bicyclic) bond motifs is 1. The Morgan fingerprint density at radius 1 is 1.12 bits per heavy atom. The third kappa shape index (κ3) is 4.89. The fraction of sp³-hybridized carbons (Fsp3) is 0.280. The zero-order valence-electron chi connectivity index (χ0n) is 17.7. The van der Waals surface area contributed by atoms with Crippen LogP contribution in [-0.4, -0.2) is 23.6 Å². The standard InChI is InChI=1S/C25H24FNO4S/c1-15(17-5-7-18(8-6-17)25(29)30)27-24(28)23-20-14-31-13-12-21(20)32-22(23)11-4-16-2-9-19(26)10-3-16/h2-3,5-10,15H,4,11-14H2,1H3,(H,27,28)(H,29,30). The van der Waals surface area contributed by atoms with Crippen molar-refractivity contribution in [2.45, 2.75) is 38.8 Å². The average molecular weight is 454 g/mol. The molecule has 2 aromatic carbocycles. The van der Waals surface area contributed by atoms with E-state index in [4.69, 9.17) is 9.84 Å². The van der Waals surface area contributed by atoms with Gasteiger partial charge in [0.1, 0.15) is 5.82 Å². The molecule has 0 aliphatic carbocycles. The molecule has 0 spiro atoms. The molecule has 0 fully saturated rings. The molecule has 1 aliphatic rings. The van der Waals surface area contributed by atoms with Crippen LogP contribution in [0.2, 0.25) is 0 Å². The number of carboxylic acids is 1. The van der Waals surface area contributed by atoms with E-state index in [1.165, 1.54) is 29.1 Å². The van der Waals surface area contributed by atoms with E-state index in [1.807, 2.05) is 6.92 Å². The molecular weight excluding hydrogens is 429 g/mol. The van der Waals surface area contributed by atoms with Crippen LogP contribution in [-0.2, 0) is 30.6 Å². The molecule has 0 saturated carbocycles. The Morgan fingerprint density at radius 2 is 1.84 bits per heavy atom. The molecule has 1 unspecified atom stereocenters. The third-order valence-electron chi connectivity index (χ3n) is 5.67. The van der Waals surface area contributed by atoms with Crippen LogP contribution in [0.1, 0.15) is 60.1 Å². The van der Waals surface area contributed by atoms with E-state index >= 15 is 0 Å². The van der Waals surface area contributed by atoms with Crippen molar-refractivity contribution in [1.29, 1.82) is 0 Å². The normalized spacial score (nSPS) is 13.9. The molecular formula is C25H24FNO4S. The minimum atomic E-state index is -0.982. The lowest BCUT2D eigenvalue weighted by Gasteiger charge is -2.17. The monoisotopic (exact) mass is 453 g/mol. The van der Waals surface area contributed by atoms with E-state index in [2.05, 4.69) is 5.32 Å². The Labute approximate surface area is 189 Å². The Kier molecular flexibility index (Phi) is 6.67. The maximum atomic E-state index is 13.3. The van der Waals surface area contributed by atoms with E-state index in [0.29, 0.717) is 31.6 Å². The van der Waals surface area contributed by atoms with Gasteiger partial charge in [0.2, 0.25) is 0 Å². The number of halogens is 1. The van der Waals surface area contributed by atoms with Crippen LogP contribution in [0.3, 0.4) is 0 Å². The number of aromatic carboxylic acids is 1. The molecule has 0 saturated heterocycles. The number of hydrogen-bond donors (Lipinski definition) is 2. The smallest absolute Gasteiger partial charge is 0.335 e. The van der Waals surface area contributed by atoms with Gasteiger partial charge in [0.15, 0.2) is 0 Å². The first-order chi connectivity index (χ1) is 15.4. The fourth-order valence-electron chi connectivity index (χ4n) is 3.88. The Morgan fingerprint density at radius 3 is 2.53 bits per heavy atom. The summed E-state index contributed by atoms with van der Waals surface area (Å²) in [4.78, 5) is 26.6. The van der Waals surface area contributed by atoms with Crippen molar-refractivity contribution < 1.29 is 23.8 Å². The second kappa shape index (κ2) is 9.63. The summed E-state index contributed by atoms with van der Waals surface area (Å²) in [5.41, 5.74) is 3.70. The summed E-state index contributed by atoms with van der Waals surface area (Å²) in [7, 11) is 0. The van der Waals surface area contributed by atoms with E-state index in [1.54, 1.807) is 35.6 Å². The van der Waals surface area contributed by atoms with Gasteiger partial charge in [-0.3, -0.25) is 4.79 Å². The van der Waals surface area contributed by atoms with Gasteiger partial charge in [-0.15, -0.1) is 11.3 Å². The lowest BCUT2D eigenvalue weighted by molar-refractivity contribution is 0.0696. The summed E-state index contributed by atoms with van der Waals surface area (Å²) < 4.78 is 18.8. The number of benzene rings is 2. The molecule has 2 heterocycles. The topological polar surface area (TPSA) is 75.6 Å². The number of carbonyl (C=O) groups excluding carboxylic acids is 1. The highest BCUT2D eigenvalue weighted by Crippen LogP contribution is 2.34.